The highest BCUT2D eigenvalue weighted by Crippen LogP contribution is 2.33. The minimum atomic E-state index is -0.309. The highest BCUT2D eigenvalue weighted by atomic mass is 16.5. The second-order valence-corrected chi connectivity index (χ2v) is 9.44. The van der Waals surface area contributed by atoms with Crippen LogP contribution in [-0.4, -0.2) is 41.7 Å². The molecule has 0 unspecified atom stereocenters. The first-order valence-corrected chi connectivity index (χ1v) is 12.7. The minimum Gasteiger partial charge on any atom is -0.375 e. The fourth-order valence-electron chi connectivity index (χ4n) is 5.13. The van der Waals surface area contributed by atoms with Crippen molar-refractivity contribution in [1.82, 2.24) is 4.90 Å². The molecule has 186 valence electrons. The Morgan fingerprint density at radius 1 is 0.722 bits per heavy atom. The van der Waals surface area contributed by atoms with E-state index >= 15 is 0 Å². The second kappa shape index (κ2) is 12.1. The standard InChI is InChI=1S/C31H33NO4/c33-30-18-10-17-27-19-29(35-21-25-13-6-2-7-14-25)31(36-22-26-15-8-3-9-16-26)28(32(27)30)23-34-20-24-11-4-1-5-12-24/h1-16,18,27-29,31H,17,19-23H2/t27-,28-,29+,31-/m0/s1. The average molecular weight is 484 g/mol. The summed E-state index contributed by atoms with van der Waals surface area (Å²) >= 11 is 0. The first-order valence-electron chi connectivity index (χ1n) is 12.7. The molecule has 2 aliphatic heterocycles. The summed E-state index contributed by atoms with van der Waals surface area (Å²) in [6.45, 7) is 1.83. The number of carbonyl (C=O) groups is 1. The monoisotopic (exact) mass is 483 g/mol. The zero-order valence-corrected chi connectivity index (χ0v) is 20.4. The maximum absolute atomic E-state index is 13.1. The highest BCUT2D eigenvalue weighted by molar-refractivity contribution is 5.89. The van der Waals surface area contributed by atoms with Crippen LogP contribution in [0.2, 0.25) is 0 Å². The largest absolute Gasteiger partial charge is 0.375 e. The van der Waals surface area contributed by atoms with Crippen LogP contribution in [-0.2, 0) is 38.8 Å². The Kier molecular flexibility index (Phi) is 8.24. The van der Waals surface area contributed by atoms with Crippen LogP contribution in [0, 0.1) is 0 Å². The molecule has 3 aromatic carbocycles. The van der Waals surface area contributed by atoms with Crippen LogP contribution in [0.15, 0.2) is 103 Å². The number of hydrogen-bond donors (Lipinski definition) is 0. The maximum atomic E-state index is 13.1. The molecule has 5 rings (SSSR count). The molecular weight excluding hydrogens is 450 g/mol. The van der Waals surface area contributed by atoms with Gasteiger partial charge < -0.3 is 19.1 Å². The van der Waals surface area contributed by atoms with Crippen LogP contribution in [0.1, 0.15) is 29.5 Å². The van der Waals surface area contributed by atoms with Gasteiger partial charge in [0.2, 0.25) is 5.91 Å². The summed E-state index contributed by atoms with van der Waals surface area (Å²) in [7, 11) is 0. The van der Waals surface area contributed by atoms with Gasteiger partial charge >= 0.3 is 0 Å². The van der Waals surface area contributed by atoms with E-state index in [1.54, 1.807) is 6.08 Å². The number of hydrogen-bond acceptors (Lipinski definition) is 4. The lowest BCUT2D eigenvalue weighted by atomic mass is 9.86. The Labute approximate surface area is 213 Å². The van der Waals surface area contributed by atoms with E-state index in [1.807, 2.05) is 77.7 Å². The maximum Gasteiger partial charge on any atom is 0.246 e. The quantitative estimate of drug-likeness (QED) is 0.393. The molecule has 0 spiro atoms. The van der Waals surface area contributed by atoms with Crippen LogP contribution in [0.5, 0.6) is 0 Å². The summed E-state index contributed by atoms with van der Waals surface area (Å²) in [6, 6.07) is 30.3. The van der Waals surface area contributed by atoms with E-state index in [-0.39, 0.29) is 30.2 Å². The van der Waals surface area contributed by atoms with Crippen LogP contribution in [0.25, 0.3) is 0 Å². The third-order valence-corrected chi connectivity index (χ3v) is 6.92. The van der Waals surface area contributed by atoms with Crippen molar-refractivity contribution in [2.45, 2.75) is 57.0 Å². The molecule has 5 nitrogen and oxygen atoms in total. The van der Waals surface area contributed by atoms with Crippen LogP contribution >= 0.6 is 0 Å². The van der Waals surface area contributed by atoms with E-state index < -0.39 is 0 Å². The average Bonchev–Trinajstić information content (AvgIpc) is 2.93. The predicted octanol–water partition coefficient (Wildman–Crippen LogP) is 5.30. The first-order chi connectivity index (χ1) is 17.8. The van der Waals surface area contributed by atoms with Crippen molar-refractivity contribution >= 4 is 5.91 Å². The minimum absolute atomic E-state index is 0.0226. The molecule has 0 aliphatic carbocycles. The summed E-state index contributed by atoms with van der Waals surface area (Å²) in [5.41, 5.74) is 3.32. The third kappa shape index (κ3) is 6.11. The van der Waals surface area contributed by atoms with Gasteiger partial charge in [-0.05, 0) is 35.6 Å². The van der Waals surface area contributed by atoms with Crippen molar-refractivity contribution < 1.29 is 19.0 Å². The lowest BCUT2D eigenvalue weighted by molar-refractivity contribution is -0.179. The molecule has 1 amide bonds. The van der Waals surface area contributed by atoms with Crippen LogP contribution < -0.4 is 0 Å². The van der Waals surface area contributed by atoms with Gasteiger partial charge in [-0.3, -0.25) is 4.79 Å². The molecule has 3 aromatic rings. The van der Waals surface area contributed by atoms with E-state index in [0.29, 0.717) is 26.4 Å². The van der Waals surface area contributed by atoms with Gasteiger partial charge in [-0.2, -0.15) is 0 Å². The summed E-state index contributed by atoms with van der Waals surface area (Å²) < 4.78 is 19.3. The zero-order chi connectivity index (χ0) is 24.6. The topological polar surface area (TPSA) is 48.0 Å². The van der Waals surface area contributed by atoms with E-state index in [2.05, 4.69) is 24.3 Å². The van der Waals surface area contributed by atoms with E-state index in [9.17, 15) is 4.79 Å². The molecule has 1 saturated heterocycles. The molecule has 0 saturated carbocycles. The van der Waals surface area contributed by atoms with Gasteiger partial charge in [0, 0.05) is 6.04 Å². The van der Waals surface area contributed by atoms with Crippen LogP contribution in [0.4, 0.5) is 0 Å². The van der Waals surface area contributed by atoms with Gasteiger partial charge in [-0.25, -0.2) is 0 Å². The van der Waals surface area contributed by atoms with Crippen LogP contribution in [0.3, 0.4) is 0 Å². The number of nitrogens with zero attached hydrogens (tertiary/aromatic N) is 1. The van der Waals surface area contributed by atoms with Crippen molar-refractivity contribution in [1.29, 1.82) is 0 Å². The normalized spacial score (nSPS) is 23.4. The van der Waals surface area contributed by atoms with Gasteiger partial charge in [-0.15, -0.1) is 0 Å². The molecule has 1 fully saturated rings. The van der Waals surface area contributed by atoms with Gasteiger partial charge in [0.05, 0.1) is 38.6 Å². The number of ether oxygens (including phenoxy) is 3. The first kappa shape index (κ1) is 24.4. The summed E-state index contributed by atoms with van der Waals surface area (Å²) in [5, 5.41) is 0. The summed E-state index contributed by atoms with van der Waals surface area (Å²) in [6.07, 6.45) is 4.75. The van der Waals surface area contributed by atoms with Gasteiger partial charge in [0.25, 0.3) is 0 Å². The number of benzene rings is 3. The van der Waals surface area contributed by atoms with Crippen molar-refractivity contribution in [3.05, 3.63) is 120 Å². The van der Waals surface area contributed by atoms with Crippen molar-refractivity contribution in [2.24, 2.45) is 0 Å². The number of carbonyl (C=O) groups excluding carboxylic acids is 1. The van der Waals surface area contributed by atoms with Gasteiger partial charge in [0.15, 0.2) is 0 Å². The van der Waals surface area contributed by atoms with Crippen molar-refractivity contribution in [2.75, 3.05) is 6.61 Å². The van der Waals surface area contributed by atoms with E-state index in [1.165, 1.54) is 0 Å². The lowest BCUT2D eigenvalue weighted by Gasteiger charge is -2.50. The van der Waals surface area contributed by atoms with Crippen molar-refractivity contribution in [3.8, 4) is 0 Å². The second-order valence-electron chi connectivity index (χ2n) is 9.44. The zero-order valence-electron chi connectivity index (χ0n) is 20.4. The fraction of sp³-hybridized carbons (Fsp3) is 0.323. The van der Waals surface area contributed by atoms with E-state index in [4.69, 9.17) is 14.2 Å². The number of rotatable bonds is 10. The van der Waals surface area contributed by atoms with E-state index in [0.717, 1.165) is 29.5 Å². The molecule has 0 aromatic heterocycles. The molecule has 4 atom stereocenters. The SMILES string of the molecule is O=C1C=CC[C@H]2C[C@@H](OCc3ccccc3)[C@@H](OCc3ccccc3)[C@H](COCc3ccccc3)N12. The molecule has 0 radical (unpaired) electrons. The Hall–Kier alpha value is -3.25. The smallest absolute Gasteiger partial charge is 0.246 e. The Bertz CT molecular complexity index is 1120. The number of fused-ring (bicyclic) bond motifs is 1. The molecule has 36 heavy (non-hydrogen) atoms. The fourth-order valence-corrected chi connectivity index (χ4v) is 5.13. The van der Waals surface area contributed by atoms with Gasteiger partial charge in [-0.1, -0.05) is 97.1 Å². The number of amides is 1. The molecule has 2 aliphatic rings. The molecule has 0 bridgehead atoms. The summed E-state index contributed by atoms with van der Waals surface area (Å²) in [4.78, 5) is 15.0. The Morgan fingerprint density at radius 2 is 1.28 bits per heavy atom. The molecular formula is C31H33NO4. The Morgan fingerprint density at radius 3 is 1.89 bits per heavy atom. The van der Waals surface area contributed by atoms with Gasteiger partial charge in [0.1, 0.15) is 6.10 Å². The highest BCUT2D eigenvalue weighted by Gasteiger charge is 2.46. The summed E-state index contributed by atoms with van der Waals surface area (Å²) in [5.74, 6) is 0.0226. The lowest BCUT2D eigenvalue weighted by Crippen LogP contribution is -2.64. The predicted molar refractivity (Wildman–Crippen MR) is 139 cm³/mol. The molecule has 0 N–H and O–H groups in total. The Balaban J connectivity index is 1.37. The number of piperidine rings is 1. The van der Waals surface area contributed by atoms with Crippen molar-refractivity contribution in [3.63, 3.8) is 0 Å². The third-order valence-electron chi connectivity index (χ3n) is 6.92. The molecule has 2 heterocycles. The molecule has 5 heteroatoms.